The molecule has 1 rings (SSSR count). The number of rotatable bonds is 8. The lowest BCUT2D eigenvalue weighted by molar-refractivity contribution is 0.206. The molecule has 0 saturated carbocycles. The van der Waals surface area contributed by atoms with E-state index in [0.717, 1.165) is 44.7 Å². The van der Waals surface area contributed by atoms with Crippen molar-refractivity contribution in [3.8, 4) is 0 Å². The van der Waals surface area contributed by atoms with Crippen molar-refractivity contribution in [3.05, 3.63) is 0 Å². The van der Waals surface area contributed by atoms with Gasteiger partial charge in [0.2, 0.25) is 10.0 Å². The zero-order valence-electron chi connectivity index (χ0n) is 14.1. The summed E-state index contributed by atoms with van der Waals surface area (Å²) in [6.45, 7) is 9.21. The van der Waals surface area contributed by atoms with Crippen molar-refractivity contribution < 1.29 is 8.42 Å². The molecule has 1 saturated heterocycles. The van der Waals surface area contributed by atoms with Gasteiger partial charge in [0.25, 0.3) is 0 Å². The van der Waals surface area contributed by atoms with Crippen LogP contribution in [0.25, 0.3) is 0 Å². The fraction of sp³-hybridized carbons (Fsp3) is 0.929. The van der Waals surface area contributed by atoms with Crippen LogP contribution in [-0.2, 0) is 10.0 Å². The Morgan fingerprint density at radius 1 is 1.27 bits per heavy atom. The Morgan fingerprint density at radius 2 is 1.95 bits per heavy atom. The summed E-state index contributed by atoms with van der Waals surface area (Å²) in [6, 6.07) is 0.439. The van der Waals surface area contributed by atoms with Gasteiger partial charge in [0.05, 0.1) is 12.8 Å². The van der Waals surface area contributed by atoms with Crippen molar-refractivity contribution in [2.45, 2.75) is 39.2 Å². The topological polar surface area (TPSA) is 85.8 Å². The number of hydrogen-bond acceptors (Lipinski definition) is 4. The van der Waals surface area contributed by atoms with Crippen molar-refractivity contribution in [3.63, 3.8) is 0 Å². The molecular formula is C14H31N5O2S. The lowest BCUT2D eigenvalue weighted by atomic mass is 10.1. The van der Waals surface area contributed by atoms with Crippen molar-refractivity contribution in [2.75, 3.05) is 45.5 Å². The first kappa shape index (κ1) is 19.2. The van der Waals surface area contributed by atoms with Gasteiger partial charge in [-0.15, -0.1) is 0 Å². The largest absolute Gasteiger partial charge is 0.357 e. The Bertz CT molecular complexity index is 431. The summed E-state index contributed by atoms with van der Waals surface area (Å²) in [5.41, 5.74) is 0. The molecular weight excluding hydrogens is 302 g/mol. The third-order valence-corrected chi connectivity index (χ3v) is 4.29. The number of nitrogens with zero attached hydrogens (tertiary/aromatic N) is 2. The highest BCUT2D eigenvalue weighted by atomic mass is 32.2. The maximum absolute atomic E-state index is 11.0. The number of sulfonamides is 1. The predicted octanol–water partition coefficient (Wildman–Crippen LogP) is -0.0349. The van der Waals surface area contributed by atoms with E-state index in [1.165, 1.54) is 13.0 Å². The van der Waals surface area contributed by atoms with Crippen molar-refractivity contribution >= 4 is 16.0 Å². The molecule has 0 atom stereocenters. The molecule has 7 nitrogen and oxygen atoms in total. The Kier molecular flexibility index (Phi) is 8.74. The van der Waals surface area contributed by atoms with Crippen LogP contribution in [0.4, 0.5) is 0 Å². The van der Waals surface area contributed by atoms with Crippen LogP contribution in [0.15, 0.2) is 4.99 Å². The first-order valence-electron chi connectivity index (χ1n) is 8.16. The minimum Gasteiger partial charge on any atom is -0.357 e. The van der Waals surface area contributed by atoms with Gasteiger partial charge in [-0.25, -0.2) is 13.1 Å². The number of guanidine groups is 1. The molecule has 22 heavy (non-hydrogen) atoms. The summed E-state index contributed by atoms with van der Waals surface area (Å²) < 4.78 is 24.5. The average molecular weight is 334 g/mol. The van der Waals surface area contributed by atoms with E-state index in [0.29, 0.717) is 19.1 Å². The molecule has 0 unspecified atom stereocenters. The van der Waals surface area contributed by atoms with E-state index in [1.807, 2.05) is 6.92 Å². The van der Waals surface area contributed by atoms with E-state index in [1.54, 1.807) is 0 Å². The second-order valence-electron chi connectivity index (χ2n) is 5.69. The molecule has 0 radical (unpaired) electrons. The van der Waals surface area contributed by atoms with Crippen LogP contribution >= 0.6 is 0 Å². The quantitative estimate of drug-likeness (QED) is 0.330. The van der Waals surface area contributed by atoms with Gasteiger partial charge in [0, 0.05) is 32.2 Å². The van der Waals surface area contributed by atoms with Crippen LogP contribution in [-0.4, -0.2) is 70.8 Å². The summed E-state index contributed by atoms with van der Waals surface area (Å²) in [5.74, 6) is 0.770. The van der Waals surface area contributed by atoms with Crippen molar-refractivity contribution in [1.29, 1.82) is 0 Å². The lowest BCUT2D eigenvalue weighted by Gasteiger charge is -2.32. The van der Waals surface area contributed by atoms with Gasteiger partial charge < -0.3 is 15.5 Å². The zero-order chi connectivity index (χ0) is 16.4. The highest BCUT2D eigenvalue weighted by Gasteiger charge is 2.19. The minimum absolute atomic E-state index is 0.324. The molecule has 0 amide bonds. The van der Waals surface area contributed by atoms with Gasteiger partial charge in [-0.05, 0) is 32.7 Å². The van der Waals surface area contributed by atoms with E-state index in [4.69, 9.17) is 0 Å². The molecule has 8 heteroatoms. The minimum atomic E-state index is -3.14. The second kappa shape index (κ2) is 10.0. The molecule has 0 aromatic carbocycles. The van der Waals surface area contributed by atoms with Crippen LogP contribution < -0.4 is 15.4 Å². The molecule has 1 fully saturated rings. The molecule has 3 N–H and O–H groups in total. The fourth-order valence-electron chi connectivity index (χ4n) is 2.53. The van der Waals surface area contributed by atoms with Gasteiger partial charge in [-0.3, -0.25) is 4.99 Å². The maximum Gasteiger partial charge on any atom is 0.208 e. The predicted molar refractivity (Wildman–Crippen MR) is 91.7 cm³/mol. The van der Waals surface area contributed by atoms with E-state index < -0.39 is 10.0 Å². The van der Waals surface area contributed by atoms with Gasteiger partial charge in [0.1, 0.15) is 0 Å². The number of hydrogen-bond donors (Lipinski definition) is 3. The van der Waals surface area contributed by atoms with Crippen LogP contribution in [0.2, 0.25) is 0 Å². The summed E-state index contributed by atoms with van der Waals surface area (Å²) >= 11 is 0. The summed E-state index contributed by atoms with van der Waals surface area (Å²) in [5, 5.41) is 6.66. The van der Waals surface area contributed by atoms with Gasteiger partial charge in [-0.2, -0.15) is 0 Å². The maximum atomic E-state index is 11.0. The normalized spacial score (nSPS) is 18.4. The Hall–Kier alpha value is -0.860. The average Bonchev–Trinajstić information content (AvgIpc) is 2.45. The molecule has 0 spiro atoms. The molecule has 1 heterocycles. The van der Waals surface area contributed by atoms with Crippen LogP contribution in [0.3, 0.4) is 0 Å². The second-order valence-corrected chi connectivity index (χ2v) is 7.52. The number of piperidine rings is 1. The van der Waals surface area contributed by atoms with Gasteiger partial charge in [0.15, 0.2) is 5.96 Å². The molecule has 130 valence electrons. The third-order valence-electron chi connectivity index (χ3n) is 3.56. The van der Waals surface area contributed by atoms with Crippen molar-refractivity contribution in [2.24, 2.45) is 4.99 Å². The smallest absolute Gasteiger partial charge is 0.208 e. The number of aliphatic imine (C=N–C) groups is 1. The SMILES string of the molecule is CCCN1CCC(NC(=NCCNS(C)(=O)=O)NCC)CC1. The third kappa shape index (κ3) is 8.55. The molecule has 1 aliphatic rings. The Morgan fingerprint density at radius 3 is 2.50 bits per heavy atom. The van der Waals surface area contributed by atoms with Crippen molar-refractivity contribution in [1.82, 2.24) is 20.3 Å². The highest BCUT2D eigenvalue weighted by molar-refractivity contribution is 7.88. The van der Waals surface area contributed by atoms with E-state index >= 15 is 0 Å². The van der Waals surface area contributed by atoms with Gasteiger partial charge in [-0.1, -0.05) is 6.92 Å². The fourth-order valence-corrected chi connectivity index (χ4v) is 2.99. The summed E-state index contributed by atoms with van der Waals surface area (Å²) in [7, 11) is -3.14. The molecule has 0 aromatic rings. The molecule has 0 aromatic heterocycles. The monoisotopic (exact) mass is 333 g/mol. The van der Waals surface area contributed by atoms with Gasteiger partial charge >= 0.3 is 0 Å². The van der Waals surface area contributed by atoms with E-state index in [9.17, 15) is 8.42 Å². The first-order chi connectivity index (χ1) is 10.4. The molecule has 0 aliphatic carbocycles. The Balaban J connectivity index is 2.37. The summed E-state index contributed by atoms with van der Waals surface area (Å²) in [6.07, 6.45) is 4.60. The van der Waals surface area contributed by atoms with Crippen LogP contribution in [0.5, 0.6) is 0 Å². The van der Waals surface area contributed by atoms with Crippen LogP contribution in [0.1, 0.15) is 33.1 Å². The molecule has 1 aliphatic heterocycles. The molecule has 0 bridgehead atoms. The lowest BCUT2D eigenvalue weighted by Crippen LogP contribution is -2.49. The van der Waals surface area contributed by atoms with E-state index in [2.05, 4.69) is 32.2 Å². The van der Waals surface area contributed by atoms with E-state index in [-0.39, 0.29) is 0 Å². The van der Waals surface area contributed by atoms with Crippen LogP contribution in [0, 0.1) is 0 Å². The number of likely N-dealkylation sites (tertiary alicyclic amines) is 1. The Labute approximate surface area is 135 Å². The standard InChI is InChI=1S/C14H31N5O2S/c1-4-10-19-11-6-13(7-12-19)18-14(15-5-2)16-8-9-17-22(3,20)21/h13,17H,4-12H2,1-3H3,(H2,15,16,18). The highest BCUT2D eigenvalue weighted by Crippen LogP contribution is 2.10. The zero-order valence-corrected chi connectivity index (χ0v) is 14.9. The summed E-state index contributed by atoms with van der Waals surface area (Å²) in [4.78, 5) is 6.92. The number of nitrogens with one attached hydrogen (secondary N) is 3. The first-order valence-corrected chi connectivity index (χ1v) is 10.1.